The van der Waals surface area contributed by atoms with Crippen molar-refractivity contribution in [1.29, 1.82) is 0 Å². The summed E-state index contributed by atoms with van der Waals surface area (Å²) < 4.78 is 16.9. The Hall–Kier alpha value is -3.42. The summed E-state index contributed by atoms with van der Waals surface area (Å²) in [6.07, 6.45) is 4.14. The van der Waals surface area contributed by atoms with Crippen LogP contribution in [0.25, 0.3) is 5.69 Å². The number of anilines is 2. The lowest BCUT2D eigenvalue weighted by Gasteiger charge is -2.33. The van der Waals surface area contributed by atoms with Crippen LogP contribution in [0.5, 0.6) is 0 Å². The van der Waals surface area contributed by atoms with Crippen LogP contribution >= 0.6 is 23.8 Å². The molecule has 0 amide bonds. The fourth-order valence-corrected chi connectivity index (χ4v) is 6.83. The fraction of sp³-hybridized carbons (Fsp3) is 0.312. The molecule has 8 heteroatoms. The van der Waals surface area contributed by atoms with E-state index in [1.54, 1.807) is 12.3 Å². The Morgan fingerprint density at radius 3 is 2.42 bits per heavy atom. The maximum Gasteiger partial charge on any atom is 0.174 e. The smallest absolute Gasteiger partial charge is 0.174 e. The summed E-state index contributed by atoms with van der Waals surface area (Å²) >= 11 is 12.9. The highest BCUT2D eigenvalue weighted by Gasteiger charge is 2.42. The zero-order chi connectivity index (χ0) is 28.0. The van der Waals surface area contributed by atoms with Crippen LogP contribution in [0.15, 0.2) is 72.9 Å². The molecule has 2 unspecified atom stereocenters. The van der Waals surface area contributed by atoms with Crippen LogP contribution in [0.2, 0.25) is 5.02 Å². The molecule has 1 N–H and O–H groups in total. The number of benzene rings is 2. The lowest BCUT2D eigenvalue weighted by molar-refractivity contribution is 0.438. The topological polar surface area (TPSA) is 36.3 Å². The Kier molecular flexibility index (Phi) is 7.27. The SMILES string of the molecule is Cc1cc(C2C(c3ccccn3)NC(=S)N2c2ccc(N3CCC(C)CC3)c(Cl)c2)c(C)n1-c1ccccc1F. The van der Waals surface area contributed by atoms with E-state index >= 15 is 0 Å². The number of hydrogen-bond donors (Lipinski definition) is 1. The fourth-order valence-electron chi connectivity index (χ4n) is 6.19. The Balaban J connectivity index is 1.45. The molecular formula is C32H33ClFN5S. The summed E-state index contributed by atoms with van der Waals surface area (Å²) in [6.45, 7) is 8.38. The van der Waals surface area contributed by atoms with Gasteiger partial charge in [-0.1, -0.05) is 36.7 Å². The van der Waals surface area contributed by atoms with Crippen molar-refractivity contribution in [2.45, 2.75) is 45.7 Å². The second-order valence-corrected chi connectivity index (χ2v) is 11.7. The van der Waals surface area contributed by atoms with Gasteiger partial charge in [0.2, 0.25) is 0 Å². The number of nitrogens with one attached hydrogen (secondary N) is 1. The number of hydrogen-bond acceptors (Lipinski definition) is 3. The first-order valence-electron chi connectivity index (χ1n) is 13.8. The lowest BCUT2D eigenvalue weighted by atomic mass is 9.96. The highest BCUT2D eigenvalue weighted by molar-refractivity contribution is 7.80. The molecule has 2 fully saturated rings. The Morgan fingerprint density at radius 1 is 0.975 bits per heavy atom. The number of para-hydroxylation sites is 1. The molecule has 0 spiro atoms. The molecule has 4 heterocycles. The van der Waals surface area contributed by atoms with Crippen molar-refractivity contribution in [3.05, 3.63) is 106 Å². The van der Waals surface area contributed by atoms with Crippen LogP contribution in [0.3, 0.4) is 0 Å². The van der Waals surface area contributed by atoms with Gasteiger partial charge in [0.05, 0.1) is 34.2 Å². The van der Waals surface area contributed by atoms with Gasteiger partial charge >= 0.3 is 0 Å². The van der Waals surface area contributed by atoms with E-state index in [0.717, 1.165) is 53.0 Å². The zero-order valence-corrected chi connectivity index (χ0v) is 24.5. The molecule has 2 atom stereocenters. The predicted octanol–water partition coefficient (Wildman–Crippen LogP) is 7.70. The third kappa shape index (κ3) is 4.75. The minimum Gasteiger partial charge on any atom is -0.370 e. The highest BCUT2D eigenvalue weighted by atomic mass is 35.5. The van der Waals surface area contributed by atoms with Gasteiger partial charge in [-0.25, -0.2) is 4.39 Å². The van der Waals surface area contributed by atoms with Crippen LogP contribution in [0, 0.1) is 25.6 Å². The van der Waals surface area contributed by atoms with E-state index in [9.17, 15) is 4.39 Å². The average Bonchev–Trinajstić information content (AvgIpc) is 3.45. The van der Waals surface area contributed by atoms with Gasteiger partial charge in [-0.15, -0.1) is 0 Å². The molecule has 2 aliphatic heterocycles. The van der Waals surface area contributed by atoms with Crippen molar-refractivity contribution in [3.8, 4) is 5.69 Å². The Morgan fingerprint density at radius 2 is 1.73 bits per heavy atom. The van der Waals surface area contributed by atoms with E-state index in [1.807, 2.05) is 54.8 Å². The van der Waals surface area contributed by atoms with E-state index in [0.29, 0.717) is 15.8 Å². The number of thiocarbonyl (C=S) groups is 1. The van der Waals surface area contributed by atoms with Crippen molar-refractivity contribution >= 4 is 40.3 Å². The number of nitrogens with zero attached hydrogens (tertiary/aromatic N) is 4. The molecule has 0 bridgehead atoms. The maximum atomic E-state index is 14.9. The molecule has 2 aromatic heterocycles. The molecule has 4 aromatic rings. The summed E-state index contributed by atoms with van der Waals surface area (Å²) in [6, 6.07) is 20.7. The van der Waals surface area contributed by atoms with Gasteiger partial charge in [-0.3, -0.25) is 4.98 Å². The normalized spacial score (nSPS) is 19.8. The van der Waals surface area contributed by atoms with Crippen molar-refractivity contribution < 1.29 is 4.39 Å². The first kappa shape index (κ1) is 26.8. The van der Waals surface area contributed by atoms with Gasteiger partial charge in [0, 0.05) is 36.4 Å². The van der Waals surface area contributed by atoms with Gasteiger partial charge in [0.25, 0.3) is 0 Å². The number of rotatable bonds is 5. The predicted molar refractivity (Wildman–Crippen MR) is 165 cm³/mol. The molecule has 6 rings (SSSR count). The summed E-state index contributed by atoms with van der Waals surface area (Å²) in [4.78, 5) is 9.19. The average molecular weight is 574 g/mol. The van der Waals surface area contributed by atoms with E-state index in [2.05, 4.69) is 45.2 Å². The Bertz CT molecular complexity index is 1550. The van der Waals surface area contributed by atoms with Crippen LogP contribution in [0.1, 0.15) is 54.5 Å². The van der Waals surface area contributed by atoms with Crippen molar-refractivity contribution in [2.24, 2.45) is 5.92 Å². The van der Waals surface area contributed by atoms with E-state index < -0.39 is 0 Å². The molecule has 40 heavy (non-hydrogen) atoms. The second kappa shape index (κ2) is 10.9. The molecule has 0 aliphatic carbocycles. The highest BCUT2D eigenvalue weighted by Crippen LogP contribution is 2.45. The van der Waals surface area contributed by atoms with Crippen molar-refractivity contribution in [1.82, 2.24) is 14.9 Å². The summed E-state index contributed by atoms with van der Waals surface area (Å²) in [5, 5.41) is 4.85. The van der Waals surface area contributed by atoms with Gasteiger partial charge in [0.1, 0.15) is 5.82 Å². The molecule has 0 radical (unpaired) electrons. The van der Waals surface area contributed by atoms with Gasteiger partial charge < -0.3 is 19.7 Å². The van der Waals surface area contributed by atoms with Crippen molar-refractivity contribution in [2.75, 3.05) is 22.9 Å². The third-order valence-electron chi connectivity index (χ3n) is 8.31. The summed E-state index contributed by atoms with van der Waals surface area (Å²) in [5.74, 6) is 0.485. The maximum absolute atomic E-state index is 14.9. The zero-order valence-electron chi connectivity index (χ0n) is 22.9. The third-order valence-corrected chi connectivity index (χ3v) is 8.93. The molecule has 5 nitrogen and oxygen atoms in total. The summed E-state index contributed by atoms with van der Waals surface area (Å²) in [5.41, 5.74) is 6.34. The van der Waals surface area contributed by atoms with Gasteiger partial charge in [-0.05, 0) is 98.9 Å². The summed E-state index contributed by atoms with van der Waals surface area (Å²) in [7, 11) is 0. The van der Waals surface area contributed by atoms with E-state index in [1.165, 1.54) is 18.9 Å². The quantitative estimate of drug-likeness (QED) is 0.248. The number of pyridine rings is 1. The Labute approximate surface area is 245 Å². The molecule has 206 valence electrons. The van der Waals surface area contributed by atoms with Crippen LogP contribution in [-0.4, -0.2) is 27.8 Å². The lowest BCUT2D eigenvalue weighted by Crippen LogP contribution is -2.33. The van der Waals surface area contributed by atoms with E-state index in [-0.39, 0.29) is 17.9 Å². The molecular weight excluding hydrogens is 541 g/mol. The molecule has 2 saturated heterocycles. The number of halogens is 2. The molecule has 0 saturated carbocycles. The standard InChI is InChI=1S/C32H33ClFN5S/c1-20-13-16-37(17-14-20)28-12-11-23(19-25(28)33)39-31(30(36-32(39)40)27-9-6-7-15-35-27)24-18-21(2)38(22(24)3)29-10-5-4-8-26(29)34/h4-12,15,18-20,30-31H,13-14,16-17H2,1-3H3,(H,36,40). The monoisotopic (exact) mass is 573 g/mol. The van der Waals surface area contributed by atoms with Crippen LogP contribution in [0.4, 0.5) is 15.8 Å². The second-order valence-electron chi connectivity index (χ2n) is 10.9. The number of piperidine rings is 1. The number of aromatic nitrogens is 2. The molecule has 2 aliphatic rings. The van der Waals surface area contributed by atoms with Crippen molar-refractivity contribution in [3.63, 3.8) is 0 Å². The number of aryl methyl sites for hydroxylation is 1. The molecule has 2 aromatic carbocycles. The minimum absolute atomic E-state index is 0.203. The van der Waals surface area contributed by atoms with Crippen LogP contribution in [-0.2, 0) is 0 Å². The first-order valence-corrected chi connectivity index (χ1v) is 14.6. The van der Waals surface area contributed by atoms with Gasteiger partial charge in [-0.2, -0.15) is 0 Å². The largest absolute Gasteiger partial charge is 0.370 e. The first-order chi connectivity index (χ1) is 19.3. The van der Waals surface area contributed by atoms with Gasteiger partial charge in [0.15, 0.2) is 5.11 Å². The minimum atomic E-state index is -0.261. The van der Waals surface area contributed by atoms with E-state index in [4.69, 9.17) is 23.8 Å². The van der Waals surface area contributed by atoms with Crippen LogP contribution < -0.4 is 15.1 Å².